The van der Waals surface area contributed by atoms with Crippen LogP contribution in [-0.2, 0) is 6.54 Å². The van der Waals surface area contributed by atoms with Crippen LogP contribution in [0.5, 0.6) is 5.75 Å². The Morgan fingerprint density at radius 2 is 1.67 bits per heavy atom. The summed E-state index contributed by atoms with van der Waals surface area (Å²) in [5.41, 5.74) is 2.21. The second-order valence-electron chi connectivity index (χ2n) is 4.68. The molecule has 0 saturated carbocycles. The van der Waals surface area contributed by atoms with Crippen LogP contribution in [0.4, 0.5) is 8.78 Å². The zero-order valence-electron chi connectivity index (χ0n) is 11.5. The smallest absolute Gasteiger partial charge is 0.387 e. The van der Waals surface area contributed by atoms with E-state index in [1.54, 1.807) is 24.3 Å². The van der Waals surface area contributed by atoms with E-state index in [9.17, 15) is 8.78 Å². The number of alkyl halides is 2. The molecular weight excluding hydrogens is 340 g/mol. The van der Waals surface area contributed by atoms with Crippen molar-refractivity contribution in [3.8, 4) is 5.75 Å². The predicted molar refractivity (Wildman–Crippen MR) is 82.5 cm³/mol. The monoisotopic (exact) mass is 355 g/mol. The third-order valence-electron chi connectivity index (χ3n) is 3.13. The zero-order valence-corrected chi connectivity index (χ0v) is 13.1. The lowest BCUT2D eigenvalue weighted by Gasteiger charge is -2.14. The van der Waals surface area contributed by atoms with E-state index in [1.807, 2.05) is 12.1 Å². The van der Waals surface area contributed by atoms with Gasteiger partial charge >= 0.3 is 6.61 Å². The summed E-state index contributed by atoms with van der Waals surface area (Å²) in [5, 5.41) is 3.39. The molecule has 21 heavy (non-hydrogen) atoms. The number of nitrogens with one attached hydrogen (secondary N) is 1. The quantitative estimate of drug-likeness (QED) is 0.795. The molecule has 0 bridgehead atoms. The molecule has 0 aliphatic carbocycles. The van der Waals surface area contributed by atoms with E-state index in [0.29, 0.717) is 6.54 Å². The second-order valence-corrected chi connectivity index (χ2v) is 5.59. The standard InChI is InChI=1S/C16H16BrF2NO/c1-11(13-4-6-14(17)7-5-13)20-10-12-2-8-15(9-3-12)21-16(18)19/h2-9,11,16,20H,10H2,1H3/t11-/m1/s1. The molecule has 0 amide bonds. The first-order chi connectivity index (χ1) is 10.0. The molecule has 1 N–H and O–H groups in total. The van der Waals surface area contributed by atoms with Crippen molar-refractivity contribution in [3.05, 3.63) is 64.1 Å². The van der Waals surface area contributed by atoms with E-state index in [0.717, 1.165) is 10.0 Å². The Morgan fingerprint density at radius 1 is 1.05 bits per heavy atom. The molecule has 0 radical (unpaired) electrons. The summed E-state index contributed by atoms with van der Waals surface area (Å²) in [6.07, 6.45) is 0. The molecule has 0 fully saturated rings. The van der Waals surface area contributed by atoms with Gasteiger partial charge in [-0.2, -0.15) is 8.78 Å². The SMILES string of the molecule is C[C@@H](NCc1ccc(OC(F)F)cc1)c1ccc(Br)cc1. The highest BCUT2D eigenvalue weighted by Gasteiger charge is 2.06. The van der Waals surface area contributed by atoms with E-state index in [2.05, 4.69) is 45.0 Å². The van der Waals surface area contributed by atoms with Gasteiger partial charge in [-0.1, -0.05) is 40.2 Å². The maximum atomic E-state index is 12.1. The van der Waals surface area contributed by atoms with Crippen molar-refractivity contribution in [3.63, 3.8) is 0 Å². The van der Waals surface area contributed by atoms with Crippen molar-refractivity contribution in [1.82, 2.24) is 5.32 Å². The molecule has 2 nitrogen and oxygen atoms in total. The number of benzene rings is 2. The van der Waals surface area contributed by atoms with Gasteiger partial charge in [0.05, 0.1) is 0 Å². The largest absolute Gasteiger partial charge is 0.435 e. The van der Waals surface area contributed by atoms with Gasteiger partial charge in [0.1, 0.15) is 5.75 Å². The van der Waals surface area contributed by atoms with E-state index in [1.165, 1.54) is 5.56 Å². The third-order valence-corrected chi connectivity index (χ3v) is 3.66. The molecule has 5 heteroatoms. The fraction of sp³-hybridized carbons (Fsp3) is 0.250. The summed E-state index contributed by atoms with van der Waals surface area (Å²) in [7, 11) is 0. The van der Waals surface area contributed by atoms with Crippen LogP contribution in [0.25, 0.3) is 0 Å². The second kappa shape index (κ2) is 7.52. The maximum Gasteiger partial charge on any atom is 0.387 e. The van der Waals surface area contributed by atoms with Gasteiger partial charge in [-0.3, -0.25) is 0 Å². The Labute approximate surface area is 131 Å². The molecular formula is C16H16BrF2NO. The van der Waals surface area contributed by atoms with Crippen molar-refractivity contribution >= 4 is 15.9 Å². The van der Waals surface area contributed by atoms with Crippen LogP contribution in [0.15, 0.2) is 53.0 Å². The van der Waals surface area contributed by atoms with Crippen molar-refractivity contribution < 1.29 is 13.5 Å². The highest BCUT2D eigenvalue weighted by Crippen LogP contribution is 2.18. The number of ether oxygens (including phenoxy) is 1. The highest BCUT2D eigenvalue weighted by atomic mass is 79.9. The van der Waals surface area contributed by atoms with E-state index in [4.69, 9.17) is 0 Å². The van der Waals surface area contributed by atoms with Crippen LogP contribution in [0, 0.1) is 0 Å². The van der Waals surface area contributed by atoms with Crippen LogP contribution in [0.2, 0.25) is 0 Å². The Balaban J connectivity index is 1.88. The van der Waals surface area contributed by atoms with Gasteiger partial charge in [0.15, 0.2) is 0 Å². The van der Waals surface area contributed by atoms with Crippen LogP contribution in [0.1, 0.15) is 24.1 Å². The lowest BCUT2D eigenvalue weighted by atomic mass is 10.1. The van der Waals surface area contributed by atoms with Crippen molar-refractivity contribution in [1.29, 1.82) is 0 Å². The third kappa shape index (κ3) is 5.10. The van der Waals surface area contributed by atoms with Crippen molar-refractivity contribution in [2.75, 3.05) is 0 Å². The lowest BCUT2D eigenvalue weighted by molar-refractivity contribution is -0.0498. The number of rotatable bonds is 6. The molecule has 0 aliphatic heterocycles. The Bertz CT molecular complexity index is 557. The summed E-state index contributed by atoms with van der Waals surface area (Å²) in [6.45, 7) is -0.0460. The minimum atomic E-state index is -2.79. The maximum absolute atomic E-state index is 12.1. The number of halogens is 3. The van der Waals surface area contributed by atoms with Gasteiger partial charge in [-0.05, 0) is 42.3 Å². The average Bonchev–Trinajstić information content (AvgIpc) is 2.46. The van der Waals surface area contributed by atoms with Crippen LogP contribution in [-0.4, -0.2) is 6.61 Å². The van der Waals surface area contributed by atoms with Crippen LogP contribution in [0.3, 0.4) is 0 Å². The van der Waals surface area contributed by atoms with Gasteiger partial charge < -0.3 is 10.1 Å². The van der Waals surface area contributed by atoms with E-state index in [-0.39, 0.29) is 11.8 Å². The summed E-state index contributed by atoms with van der Waals surface area (Å²) in [4.78, 5) is 0. The van der Waals surface area contributed by atoms with E-state index < -0.39 is 6.61 Å². The highest BCUT2D eigenvalue weighted by molar-refractivity contribution is 9.10. The molecule has 0 aromatic heterocycles. The molecule has 0 aliphatic rings. The normalized spacial score (nSPS) is 12.4. The van der Waals surface area contributed by atoms with Gasteiger partial charge in [0, 0.05) is 17.1 Å². The molecule has 0 heterocycles. The molecule has 0 saturated heterocycles. The molecule has 0 unspecified atom stereocenters. The molecule has 0 spiro atoms. The fourth-order valence-electron chi connectivity index (χ4n) is 1.93. The van der Waals surface area contributed by atoms with Gasteiger partial charge in [-0.25, -0.2) is 0 Å². The molecule has 2 rings (SSSR count). The average molecular weight is 356 g/mol. The van der Waals surface area contributed by atoms with E-state index >= 15 is 0 Å². The minimum absolute atomic E-state index is 0.176. The van der Waals surface area contributed by atoms with Gasteiger partial charge in [-0.15, -0.1) is 0 Å². The number of hydrogen-bond acceptors (Lipinski definition) is 2. The van der Waals surface area contributed by atoms with Crippen LogP contribution >= 0.6 is 15.9 Å². The molecule has 2 aromatic carbocycles. The van der Waals surface area contributed by atoms with Gasteiger partial charge in [0.25, 0.3) is 0 Å². The first kappa shape index (κ1) is 15.9. The van der Waals surface area contributed by atoms with Gasteiger partial charge in [0.2, 0.25) is 0 Å². The summed E-state index contributed by atoms with van der Waals surface area (Å²) < 4.78 is 29.5. The Morgan fingerprint density at radius 3 is 2.24 bits per heavy atom. The summed E-state index contributed by atoms with van der Waals surface area (Å²) in [5.74, 6) is 0.176. The lowest BCUT2D eigenvalue weighted by Crippen LogP contribution is -2.17. The summed E-state index contributed by atoms with van der Waals surface area (Å²) >= 11 is 3.41. The Kier molecular flexibility index (Phi) is 5.70. The van der Waals surface area contributed by atoms with Crippen molar-refractivity contribution in [2.45, 2.75) is 26.1 Å². The minimum Gasteiger partial charge on any atom is -0.435 e. The molecule has 2 aromatic rings. The first-order valence-corrected chi connectivity index (χ1v) is 7.36. The molecule has 1 atom stereocenters. The first-order valence-electron chi connectivity index (χ1n) is 6.57. The fourth-order valence-corrected chi connectivity index (χ4v) is 2.19. The Hall–Kier alpha value is -1.46. The zero-order chi connectivity index (χ0) is 15.2. The van der Waals surface area contributed by atoms with Crippen molar-refractivity contribution in [2.24, 2.45) is 0 Å². The topological polar surface area (TPSA) is 21.3 Å². The number of hydrogen-bond donors (Lipinski definition) is 1. The summed E-state index contributed by atoms with van der Waals surface area (Å²) in [6, 6.07) is 15.0. The molecule has 112 valence electrons. The predicted octanol–water partition coefficient (Wildman–Crippen LogP) is 4.90. The van der Waals surface area contributed by atoms with Crippen LogP contribution < -0.4 is 10.1 Å².